The zero-order valence-electron chi connectivity index (χ0n) is 41.2. The number of nitrogens with zero attached hydrogens (tertiary/aromatic N) is 1. The smallest absolute Gasteiger partial charge is 0.327 e. The molecule has 0 fully saturated rings. The number of carboxylic acids is 3. The Labute approximate surface area is 407 Å². The number of aryl methyl sites for hydroxylation is 2. The average Bonchev–Trinajstić information content (AvgIpc) is 3.76. The van der Waals surface area contributed by atoms with Gasteiger partial charge in [0.25, 0.3) is 17.9 Å². The molecule has 2 unspecified atom stereocenters. The Hall–Kier alpha value is -6.00. The molecule has 382 valence electrons. The molecule has 0 spiro atoms. The van der Waals surface area contributed by atoms with Crippen molar-refractivity contribution in [2.45, 2.75) is 91.9 Å². The number of aromatic hydroxyl groups is 1. The molecule has 0 bridgehead atoms. The van der Waals surface area contributed by atoms with Crippen molar-refractivity contribution < 1.29 is 77.6 Å². The van der Waals surface area contributed by atoms with E-state index in [9.17, 15) is 14.7 Å². The first kappa shape index (κ1) is 57.3. The summed E-state index contributed by atoms with van der Waals surface area (Å²) < 4.78 is 41.7. The number of phenols is 1. The lowest BCUT2D eigenvalue weighted by Crippen LogP contribution is -2.50. The second-order valence-corrected chi connectivity index (χ2v) is 17.0. The molecule has 69 heavy (non-hydrogen) atoms. The van der Waals surface area contributed by atoms with Gasteiger partial charge in [0, 0.05) is 74.8 Å². The van der Waals surface area contributed by atoms with Crippen molar-refractivity contribution in [3.05, 3.63) is 62.7 Å². The number of esters is 2. The number of carbonyl (C=O) groups is 5. The number of benzene rings is 3. The number of likely N-dealkylation sites (N-methyl/N-ethyl adjacent to an activating group) is 1. The topological polar surface area (TPSA) is 284 Å². The molecule has 0 aliphatic carbocycles. The molecule has 0 radical (unpaired) electrons. The number of aliphatic carboxylic acids is 3. The third kappa shape index (κ3) is 15.0. The highest BCUT2D eigenvalue weighted by atomic mass is 32.2. The molecular weight excluding hydrogens is 921 g/mol. The van der Waals surface area contributed by atoms with Gasteiger partial charge in [-0.2, -0.15) is 11.8 Å². The SMILES string of the molecule is CC(=O)O.CC(=O)O.CC(=O)O.CN[C@@H]1c2c(cc(C)c(OC)c2O)CCCN([C@@H](COC(=O)C2NCCc3cc(OCCN)c(OC)cc32)c2c(C)c(OC(C)=O)c(C)c3c2OCO3)C1CSC. The highest BCUT2D eigenvalue weighted by molar-refractivity contribution is 7.98. The number of carbonyl (C=O) groups excluding carboxylic acids is 2. The van der Waals surface area contributed by atoms with Crippen LogP contribution in [0.4, 0.5) is 0 Å². The maximum absolute atomic E-state index is 14.4. The lowest BCUT2D eigenvalue weighted by Gasteiger charge is -2.44. The first-order valence-corrected chi connectivity index (χ1v) is 23.5. The molecule has 0 amide bonds. The van der Waals surface area contributed by atoms with E-state index >= 15 is 0 Å². The molecule has 4 atom stereocenters. The summed E-state index contributed by atoms with van der Waals surface area (Å²) in [5.41, 5.74) is 12.1. The third-order valence-corrected chi connectivity index (χ3v) is 11.8. The fourth-order valence-electron chi connectivity index (χ4n) is 8.70. The van der Waals surface area contributed by atoms with E-state index in [1.165, 1.54) is 6.92 Å². The second-order valence-electron chi connectivity index (χ2n) is 16.1. The number of methoxy groups -OCH3 is 2. The van der Waals surface area contributed by atoms with Crippen LogP contribution in [0.2, 0.25) is 0 Å². The van der Waals surface area contributed by atoms with E-state index in [-0.39, 0.29) is 31.2 Å². The quantitative estimate of drug-likeness (QED) is 0.0825. The van der Waals surface area contributed by atoms with Crippen LogP contribution >= 0.6 is 11.8 Å². The molecular formula is C48H68N4O16S. The van der Waals surface area contributed by atoms with Crippen LogP contribution in [0.25, 0.3) is 0 Å². The minimum atomic E-state index is -0.833. The Balaban J connectivity index is 0.000000942. The average molecular weight is 989 g/mol. The highest BCUT2D eigenvalue weighted by Crippen LogP contribution is 2.51. The van der Waals surface area contributed by atoms with Crippen molar-refractivity contribution in [2.75, 3.05) is 72.9 Å². The number of ether oxygens (including phenoxy) is 7. The third-order valence-electron chi connectivity index (χ3n) is 11.1. The van der Waals surface area contributed by atoms with Crippen molar-refractivity contribution >= 4 is 41.6 Å². The molecule has 0 saturated heterocycles. The fraction of sp³-hybridized carbons (Fsp3) is 0.521. The first-order valence-electron chi connectivity index (χ1n) is 22.1. The monoisotopic (exact) mass is 988 g/mol. The summed E-state index contributed by atoms with van der Waals surface area (Å²) in [6, 6.07) is 3.86. The van der Waals surface area contributed by atoms with Gasteiger partial charge in [0.1, 0.15) is 25.0 Å². The van der Waals surface area contributed by atoms with E-state index in [0.29, 0.717) is 96.0 Å². The lowest BCUT2D eigenvalue weighted by atomic mass is 9.85. The van der Waals surface area contributed by atoms with E-state index in [4.69, 9.17) is 68.6 Å². The van der Waals surface area contributed by atoms with E-state index in [0.717, 1.165) is 55.0 Å². The molecule has 0 saturated carbocycles. The summed E-state index contributed by atoms with van der Waals surface area (Å²) >= 11 is 1.68. The Morgan fingerprint density at radius 2 is 1.54 bits per heavy atom. The van der Waals surface area contributed by atoms with Gasteiger partial charge >= 0.3 is 11.9 Å². The van der Waals surface area contributed by atoms with Gasteiger partial charge in [-0.3, -0.25) is 24.1 Å². The molecule has 20 nitrogen and oxygen atoms in total. The van der Waals surface area contributed by atoms with Crippen LogP contribution in [-0.4, -0.2) is 134 Å². The van der Waals surface area contributed by atoms with Crippen molar-refractivity contribution in [1.29, 1.82) is 0 Å². The molecule has 3 heterocycles. The number of hydrogen-bond acceptors (Lipinski definition) is 18. The maximum atomic E-state index is 14.4. The van der Waals surface area contributed by atoms with Crippen LogP contribution < -0.4 is 44.8 Å². The number of hydrogen-bond donors (Lipinski definition) is 7. The van der Waals surface area contributed by atoms with Crippen LogP contribution in [-0.2, 0) is 41.6 Å². The summed E-state index contributed by atoms with van der Waals surface area (Å²) in [5.74, 6) is 0.211. The van der Waals surface area contributed by atoms with Crippen LogP contribution in [0, 0.1) is 20.8 Å². The van der Waals surface area contributed by atoms with E-state index in [2.05, 4.69) is 21.6 Å². The van der Waals surface area contributed by atoms with Gasteiger partial charge < -0.3 is 70.0 Å². The number of nitrogens with one attached hydrogen (secondary N) is 2. The molecule has 3 aliphatic rings. The van der Waals surface area contributed by atoms with Crippen LogP contribution in [0.1, 0.15) is 96.7 Å². The Morgan fingerprint density at radius 3 is 2.10 bits per heavy atom. The first-order chi connectivity index (χ1) is 32.7. The number of rotatable bonds is 14. The normalized spacial score (nSPS) is 17.1. The van der Waals surface area contributed by atoms with E-state index in [1.54, 1.807) is 26.0 Å². The summed E-state index contributed by atoms with van der Waals surface area (Å²) in [6.07, 6.45) is 4.15. The van der Waals surface area contributed by atoms with Crippen LogP contribution in [0.5, 0.6) is 40.2 Å². The molecule has 21 heteroatoms. The van der Waals surface area contributed by atoms with Crippen molar-refractivity contribution in [3.63, 3.8) is 0 Å². The fourth-order valence-corrected chi connectivity index (χ4v) is 9.43. The molecule has 3 aromatic carbocycles. The Morgan fingerprint density at radius 1 is 0.899 bits per heavy atom. The second kappa shape index (κ2) is 27.3. The summed E-state index contributed by atoms with van der Waals surface area (Å²) in [4.78, 5) is 56.2. The Kier molecular flexibility index (Phi) is 22.6. The highest BCUT2D eigenvalue weighted by Gasteiger charge is 2.42. The summed E-state index contributed by atoms with van der Waals surface area (Å²) in [6.45, 7) is 12.0. The minimum absolute atomic E-state index is 0.0198. The van der Waals surface area contributed by atoms with Crippen molar-refractivity contribution in [2.24, 2.45) is 5.73 Å². The predicted molar refractivity (Wildman–Crippen MR) is 257 cm³/mol. The van der Waals surface area contributed by atoms with Crippen molar-refractivity contribution in [1.82, 2.24) is 15.5 Å². The van der Waals surface area contributed by atoms with Crippen LogP contribution in [0.3, 0.4) is 0 Å². The molecule has 3 aromatic rings. The van der Waals surface area contributed by atoms with E-state index < -0.39 is 41.9 Å². The van der Waals surface area contributed by atoms with Crippen molar-refractivity contribution in [3.8, 4) is 40.2 Å². The zero-order valence-corrected chi connectivity index (χ0v) is 42.0. The summed E-state index contributed by atoms with van der Waals surface area (Å²) in [5, 5.41) is 41.0. The van der Waals surface area contributed by atoms with Gasteiger partial charge in [-0.25, -0.2) is 4.79 Å². The van der Waals surface area contributed by atoms with Gasteiger partial charge in [-0.15, -0.1) is 0 Å². The number of carboxylic acid groups (broad SMARTS) is 3. The van der Waals surface area contributed by atoms with Crippen LogP contribution in [0.15, 0.2) is 18.2 Å². The maximum Gasteiger partial charge on any atom is 0.327 e. The molecule has 0 aromatic heterocycles. The molecule has 6 rings (SSSR count). The van der Waals surface area contributed by atoms with Gasteiger partial charge in [-0.05, 0) is 94.3 Å². The largest absolute Gasteiger partial charge is 0.504 e. The molecule has 8 N–H and O–H groups in total. The summed E-state index contributed by atoms with van der Waals surface area (Å²) in [7, 11) is 5.02. The van der Waals surface area contributed by atoms with Gasteiger partial charge in [0.2, 0.25) is 6.79 Å². The predicted octanol–water partition coefficient (Wildman–Crippen LogP) is 5.01. The van der Waals surface area contributed by atoms with Gasteiger partial charge in [0.15, 0.2) is 34.5 Å². The standard InChI is InChI=1S/C42H56N4O10S.3C2H4O2/c1-22-16-27-10-9-14-46(30(20-57-8)36(44-5)34(27)37(48)38(22)51-7)29(33-23(2)39(56-25(4)47)24(3)40-41(33)55-21-54-40)19-53-42(49)35-28-18-31(50-6)32(52-15-12-43)17-26(28)11-13-45-35;3*1-2(3)4/h16-18,29-30,35-36,44-45,48H,9-15,19-21,43H2,1-8H3;3*1H3,(H,3,4)/t29-,30?,35?,36-;;;/m0.../s1. The lowest BCUT2D eigenvalue weighted by molar-refractivity contribution is -0.149. The molecule has 3 aliphatic heterocycles. The number of fused-ring (bicyclic) bond motifs is 3. The number of phenolic OH excluding ortho intramolecular Hbond substituents is 1. The minimum Gasteiger partial charge on any atom is -0.504 e. The van der Waals surface area contributed by atoms with E-state index in [1.807, 2.05) is 46.2 Å². The Bertz CT molecular complexity index is 2250. The van der Waals surface area contributed by atoms with Gasteiger partial charge in [0.05, 0.1) is 26.3 Å². The zero-order chi connectivity index (χ0) is 51.7. The van der Waals surface area contributed by atoms with Gasteiger partial charge in [-0.1, -0.05) is 6.07 Å². The number of thioether (sulfide) groups is 1. The number of nitrogens with two attached hydrogens (primary N) is 1.